The average Bonchev–Trinajstić information content (AvgIpc) is 2.51. The first kappa shape index (κ1) is 16.7. The Balaban J connectivity index is 2.70. The van der Waals surface area contributed by atoms with E-state index in [4.69, 9.17) is 21.7 Å². The van der Waals surface area contributed by atoms with E-state index < -0.39 is 11.9 Å². The van der Waals surface area contributed by atoms with Gasteiger partial charge >= 0.3 is 5.97 Å². The first-order valence-electron chi connectivity index (χ1n) is 5.89. The van der Waals surface area contributed by atoms with Crippen LogP contribution in [-0.4, -0.2) is 44.9 Å². The molecule has 0 heterocycles. The Morgan fingerprint density at radius 3 is 2.14 bits per heavy atom. The van der Waals surface area contributed by atoms with Gasteiger partial charge in [-0.3, -0.25) is 14.9 Å². The van der Waals surface area contributed by atoms with Crippen molar-refractivity contribution in [2.75, 3.05) is 27.9 Å². The fourth-order valence-corrected chi connectivity index (χ4v) is 1.55. The second-order valence-electron chi connectivity index (χ2n) is 3.81. The van der Waals surface area contributed by atoms with Crippen LogP contribution in [0.15, 0.2) is 18.2 Å². The lowest BCUT2D eigenvalue weighted by Gasteiger charge is -2.10. The summed E-state index contributed by atoms with van der Waals surface area (Å²) in [6, 6.07) is 4.73. The summed E-state index contributed by atoms with van der Waals surface area (Å²) in [6.07, 6.45) is 0. The van der Waals surface area contributed by atoms with E-state index in [0.29, 0.717) is 17.1 Å². The molecule has 0 atom stereocenters. The van der Waals surface area contributed by atoms with E-state index in [1.807, 2.05) is 0 Å². The third-order valence-electron chi connectivity index (χ3n) is 2.46. The molecule has 0 spiro atoms. The van der Waals surface area contributed by atoms with Crippen LogP contribution in [0.1, 0.15) is 10.4 Å². The summed E-state index contributed by atoms with van der Waals surface area (Å²) >= 11 is 4.91. The van der Waals surface area contributed by atoms with Gasteiger partial charge < -0.3 is 19.5 Å². The molecule has 0 saturated heterocycles. The van der Waals surface area contributed by atoms with Gasteiger partial charge in [0, 0.05) is 11.6 Å². The van der Waals surface area contributed by atoms with E-state index in [1.54, 1.807) is 18.2 Å². The van der Waals surface area contributed by atoms with Crippen molar-refractivity contribution in [1.82, 2.24) is 10.6 Å². The molecular formula is C13H16N2O5S. The number of hydrogen-bond acceptors (Lipinski definition) is 6. The molecule has 0 aliphatic carbocycles. The molecule has 1 aromatic carbocycles. The summed E-state index contributed by atoms with van der Waals surface area (Å²) in [5.41, 5.74) is 0.313. The number of benzene rings is 1. The molecule has 1 rings (SSSR count). The van der Waals surface area contributed by atoms with Crippen LogP contribution in [-0.2, 0) is 9.53 Å². The van der Waals surface area contributed by atoms with E-state index in [0.717, 1.165) is 0 Å². The molecular weight excluding hydrogens is 296 g/mol. The summed E-state index contributed by atoms with van der Waals surface area (Å²) < 4.78 is 14.6. The van der Waals surface area contributed by atoms with Gasteiger partial charge in [0.2, 0.25) is 0 Å². The highest BCUT2D eigenvalue weighted by Gasteiger charge is 2.12. The molecule has 7 nitrogen and oxygen atoms in total. The van der Waals surface area contributed by atoms with Gasteiger partial charge in [-0.15, -0.1) is 0 Å². The molecule has 0 saturated carbocycles. The average molecular weight is 312 g/mol. The molecule has 1 aromatic rings. The minimum atomic E-state index is -0.491. The van der Waals surface area contributed by atoms with Gasteiger partial charge in [-0.05, 0) is 24.4 Å². The normalized spacial score (nSPS) is 9.48. The summed E-state index contributed by atoms with van der Waals surface area (Å²) in [6.45, 7) is -0.128. The zero-order chi connectivity index (χ0) is 15.8. The van der Waals surface area contributed by atoms with Gasteiger partial charge in [0.15, 0.2) is 5.11 Å². The van der Waals surface area contributed by atoms with Crippen molar-refractivity contribution in [3.63, 3.8) is 0 Å². The van der Waals surface area contributed by atoms with E-state index in [2.05, 4.69) is 15.4 Å². The van der Waals surface area contributed by atoms with Crippen molar-refractivity contribution in [2.45, 2.75) is 0 Å². The molecule has 0 aliphatic heterocycles. The standard InChI is InChI=1S/C13H16N2O5S/c1-18-9-4-8(5-10(6-9)19-2)12(17)15-13(21)14-7-11(16)20-3/h4-6H,7H2,1-3H3,(H2,14,15,17,21). The van der Waals surface area contributed by atoms with E-state index in [1.165, 1.54) is 21.3 Å². The number of esters is 1. The Morgan fingerprint density at radius 1 is 1.10 bits per heavy atom. The van der Waals surface area contributed by atoms with Crippen LogP contribution in [0.4, 0.5) is 0 Å². The lowest BCUT2D eigenvalue weighted by atomic mass is 10.2. The van der Waals surface area contributed by atoms with Crippen LogP contribution in [0.25, 0.3) is 0 Å². The molecule has 0 radical (unpaired) electrons. The van der Waals surface area contributed by atoms with Crippen LogP contribution in [0, 0.1) is 0 Å². The predicted octanol–water partition coefficient (Wildman–Crippen LogP) is 0.481. The highest BCUT2D eigenvalue weighted by Crippen LogP contribution is 2.22. The van der Waals surface area contributed by atoms with Gasteiger partial charge in [0.25, 0.3) is 5.91 Å². The van der Waals surface area contributed by atoms with Gasteiger partial charge in [0.05, 0.1) is 21.3 Å². The van der Waals surface area contributed by atoms with Gasteiger partial charge in [-0.25, -0.2) is 0 Å². The summed E-state index contributed by atoms with van der Waals surface area (Å²) in [4.78, 5) is 23.0. The summed E-state index contributed by atoms with van der Waals surface area (Å²) in [7, 11) is 4.23. The Morgan fingerprint density at radius 2 is 1.67 bits per heavy atom. The lowest BCUT2D eigenvalue weighted by molar-refractivity contribution is -0.139. The van der Waals surface area contributed by atoms with Crippen LogP contribution in [0.2, 0.25) is 0 Å². The molecule has 0 aromatic heterocycles. The van der Waals surface area contributed by atoms with Gasteiger partial charge in [0.1, 0.15) is 18.0 Å². The molecule has 114 valence electrons. The van der Waals surface area contributed by atoms with Crippen molar-refractivity contribution in [2.24, 2.45) is 0 Å². The minimum Gasteiger partial charge on any atom is -0.497 e. The summed E-state index contributed by atoms with van der Waals surface area (Å²) in [5.74, 6) is 0.0186. The molecule has 0 aliphatic rings. The third-order valence-corrected chi connectivity index (χ3v) is 2.71. The predicted molar refractivity (Wildman–Crippen MR) is 79.6 cm³/mol. The minimum absolute atomic E-state index is 0.0205. The molecule has 8 heteroatoms. The Hall–Kier alpha value is -2.35. The number of nitrogens with one attached hydrogen (secondary N) is 2. The number of amides is 1. The molecule has 0 fully saturated rings. The van der Waals surface area contributed by atoms with Crippen molar-refractivity contribution >= 4 is 29.2 Å². The Bertz CT molecular complexity index is 525. The van der Waals surface area contributed by atoms with Crippen molar-refractivity contribution in [3.05, 3.63) is 23.8 Å². The van der Waals surface area contributed by atoms with E-state index in [9.17, 15) is 9.59 Å². The quantitative estimate of drug-likeness (QED) is 0.604. The second-order valence-corrected chi connectivity index (χ2v) is 4.22. The van der Waals surface area contributed by atoms with Crippen molar-refractivity contribution in [3.8, 4) is 11.5 Å². The molecule has 0 bridgehead atoms. The van der Waals surface area contributed by atoms with Gasteiger partial charge in [-0.1, -0.05) is 0 Å². The maximum absolute atomic E-state index is 12.0. The molecule has 0 unspecified atom stereocenters. The Labute approximate surface area is 127 Å². The van der Waals surface area contributed by atoms with Crippen LogP contribution in [0.5, 0.6) is 11.5 Å². The number of carbonyl (C=O) groups excluding carboxylic acids is 2. The number of methoxy groups -OCH3 is 3. The number of thiocarbonyl (C=S) groups is 1. The fraction of sp³-hybridized carbons (Fsp3) is 0.308. The summed E-state index contributed by atoms with van der Waals surface area (Å²) in [5, 5.41) is 5.02. The van der Waals surface area contributed by atoms with Crippen LogP contribution < -0.4 is 20.1 Å². The third kappa shape index (κ3) is 5.27. The van der Waals surface area contributed by atoms with Gasteiger partial charge in [-0.2, -0.15) is 0 Å². The van der Waals surface area contributed by atoms with E-state index >= 15 is 0 Å². The van der Waals surface area contributed by atoms with Crippen LogP contribution in [0.3, 0.4) is 0 Å². The first-order chi connectivity index (χ1) is 9.99. The SMILES string of the molecule is COC(=O)CNC(=S)NC(=O)c1cc(OC)cc(OC)c1. The van der Waals surface area contributed by atoms with E-state index in [-0.39, 0.29) is 11.7 Å². The monoisotopic (exact) mass is 312 g/mol. The zero-order valence-corrected chi connectivity index (χ0v) is 12.7. The highest BCUT2D eigenvalue weighted by atomic mass is 32.1. The largest absolute Gasteiger partial charge is 0.497 e. The first-order valence-corrected chi connectivity index (χ1v) is 6.30. The highest BCUT2D eigenvalue weighted by molar-refractivity contribution is 7.80. The topological polar surface area (TPSA) is 85.9 Å². The number of rotatable bonds is 5. The molecule has 21 heavy (non-hydrogen) atoms. The Kier molecular flexibility index (Phi) is 6.41. The molecule has 1 amide bonds. The van der Waals surface area contributed by atoms with Crippen LogP contribution >= 0.6 is 12.2 Å². The lowest BCUT2D eigenvalue weighted by Crippen LogP contribution is -2.41. The number of hydrogen-bond donors (Lipinski definition) is 2. The molecule has 2 N–H and O–H groups in total. The van der Waals surface area contributed by atoms with Crippen molar-refractivity contribution in [1.29, 1.82) is 0 Å². The number of carbonyl (C=O) groups is 2. The number of ether oxygens (including phenoxy) is 3. The van der Waals surface area contributed by atoms with Crippen molar-refractivity contribution < 1.29 is 23.8 Å². The second kappa shape index (κ2) is 8.05. The maximum atomic E-state index is 12.0. The maximum Gasteiger partial charge on any atom is 0.325 e. The zero-order valence-electron chi connectivity index (χ0n) is 11.9. The smallest absolute Gasteiger partial charge is 0.325 e. The fourth-order valence-electron chi connectivity index (χ4n) is 1.38.